The lowest BCUT2D eigenvalue weighted by Gasteiger charge is -2.32. The Hall–Kier alpha value is -3.21. The predicted octanol–water partition coefficient (Wildman–Crippen LogP) is 3.08. The van der Waals surface area contributed by atoms with E-state index < -0.39 is 11.6 Å². The van der Waals surface area contributed by atoms with Crippen molar-refractivity contribution in [2.24, 2.45) is 5.73 Å². The first-order valence-electron chi connectivity index (χ1n) is 12.4. The molecule has 35 heavy (non-hydrogen) atoms. The van der Waals surface area contributed by atoms with Crippen LogP contribution in [0.4, 0.5) is 0 Å². The molecule has 4 rings (SSSR count). The quantitative estimate of drug-likeness (QED) is 0.613. The van der Waals surface area contributed by atoms with Gasteiger partial charge in [-0.1, -0.05) is 49.6 Å². The highest BCUT2D eigenvalue weighted by Crippen LogP contribution is 2.29. The molecule has 1 saturated carbocycles. The van der Waals surface area contributed by atoms with E-state index >= 15 is 0 Å². The number of nitrogens with one attached hydrogen (secondary N) is 1. The second-order valence-corrected chi connectivity index (χ2v) is 10.2. The van der Waals surface area contributed by atoms with E-state index in [2.05, 4.69) is 22.4 Å². The first-order valence-corrected chi connectivity index (χ1v) is 12.4. The molecule has 2 aliphatic rings. The van der Waals surface area contributed by atoms with Crippen LogP contribution < -0.4 is 11.1 Å². The molecule has 0 saturated heterocycles. The molecule has 7 nitrogen and oxygen atoms in total. The van der Waals surface area contributed by atoms with Crippen LogP contribution in [-0.2, 0) is 17.8 Å². The van der Waals surface area contributed by atoms with E-state index in [9.17, 15) is 14.9 Å². The van der Waals surface area contributed by atoms with Crippen LogP contribution >= 0.6 is 0 Å². The minimum absolute atomic E-state index is 0.0980. The number of fused-ring (bicyclic) bond motifs is 1. The number of nitrogens with two attached hydrogens (primary N) is 1. The molecule has 0 spiro atoms. The Balaban J connectivity index is 1.39. The molecule has 1 heterocycles. The summed E-state index contributed by atoms with van der Waals surface area (Å²) < 4.78 is 0. The van der Waals surface area contributed by atoms with E-state index in [1.165, 1.54) is 0 Å². The Bertz CT molecular complexity index is 1110. The molecule has 1 fully saturated rings. The Labute approximate surface area is 207 Å². The minimum Gasteiger partial charge on any atom is -0.338 e. The molecule has 1 atom stereocenters. The maximum absolute atomic E-state index is 12.7. The van der Waals surface area contributed by atoms with Crippen LogP contribution in [0.1, 0.15) is 53.6 Å². The van der Waals surface area contributed by atoms with Crippen LogP contribution in [0.5, 0.6) is 0 Å². The fourth-order valence-corrected chi connectivity index (χ4v) is 4.97. The number of nitrogens with zero attached hydrogens (tertiary/aromatic N) is 3. The van der Waals surface area contributed by atoms with Crippen molar-refractivity contribution in [1.82, 2.24) is 15.1 Å². The monoisotopic (exact) mass is 473 g/mol. The Morgan fingerprint density at radius 3 is 2.49 bits per heavy atom. The highest BCUT2D eigenvalue weighted by Gasteiger charge is 2.36. The summed E-state index contributed by atoms with van der Waals surface area (Å²) in [6.07, 6.45) is 4.78. The van der Waals surface area contributed by atoms with Crippen LogP contribution in [0.3, 0.4) is 0 Å². The second kappa shape index (κ2) is 10.6. The maximum atomic E-state index is 12.7. The SMILES string of the molecule is CN(C)CCN1Cc2cc(-c3ccc(C[C@@H](C#N)NC(=O)C4(N)CCCCC4)cc3)ccc2C1=O. The number of carbonyl (C=O) groups is 2. The first-order chi connectivity index (χ1) is 16.8. The van der Waals surface area contributed by atoms with Gasteiger partial charge in [-0.05, 0) is 61.3 Å². The lowest BCUT2D eigenvalue weighted by Crippen LogP contribution is -2.57. The van der Waals surface area contributed by atoms with Gasteiger partial charge in [0.2, 0.25) is 5.91 Å². The second-order valence-electron chi connectivity index (χ2n) is 10.2. The highest BCUT2D eigenvalue weighted by molar-refractivity contribution is 5.99. The summed E-state index contributed by atoms with van der Waals surface area (Å²) in [5.74, 6) is -0.117. The van der Waals surface area contributed by atoms with Gasteiger partial charge in [0.05, 0.1) is 11.6 Å². The summed E-state index contributed by atoms with van der Waals surface area (Å²) in [4.78, 5) is 29.4. The van der Waals surface area contributed by atoms with Gasteiger partial charge in [-0.3, -0.25) is 9.59 Å². The molecule has 2 amide bonds. The van der Waals surface area contributed by atoms with E-state index in [1.807, 2.05) is 55.4 Å². The number of hydrogen-bond acceptors (Lipinski definition) is 5. The number of amides is 2. The van der Waals surface area contributed by atoms with Crippen molar-refractivity contribution in [2.75, 3.05) is 27.2 Å². The summed E-state index contributed by atoms with van der Waals surface area (Å²) in [5.41, 5.74) is 10.4. The first kappa shape index (κ1) is 24.9. The molecule has 1 aliphatic heterocycles. The third-order valence-electron chi connectivity index (χ3n) is 7.19. The van der Waals surface area contributed by atoms with Crippen LogP contribution in [0.25, 0.3) is 11.1 Å². The summed E-state index contributed by atoms with van der Waals surface area (Å²) in [6, 6.07) is 15.6. The molecule has 2 aromatic carbocycles. The van der Waals surface area contributed by atoms with Crippen molar-refractivity contribution in [2.45, 2.75) is 56.7 Å². The van der Waals surface area contributed by atoms with Gasteiger partial charge < -0.3 is 20.9 Å². The largest absolute Gasteiger partial charge is 0.338 e. The lowest BCUT2D eigenvalue weighted by molar-refractivity contribution is -0.127. The van der Waals surface area contributed by atoms with Crippen LogP contribution in [0.15, 0.2) is 42.5 Å². The molecule has 184 valence electrons. The zero-order valence-electron chi connectivity index (χ0n) is 20.7. The van der Waals surface area contributed by atoms with Gasteiger partial charge in [-0.2, -0.15) is 5.26 Å². The van der Waals surface area contributed by atoms with E-state index in [4.69, 9.17) is 5.73 Å². The van der Waals surface area contributed by atoms with E-state index in [-0.39, 0.29) is 11.8 Å². The van der Waals surface area contributed by atoms with Gasteiger partial charge >= 0.3 is 0 Å². The van der Waals surface area contributed by atoms with Crippen molar-refractivity contribution in [3.8, 4) is 17.2 Å². The number of rotatable bonds is 8. The van der Waals surface area contributed by atoms with Crippen molar-refractivity contribution in [1.29, 1.82) is 5.26 Å². The van der Waals surface area contributed by atoms with E-state index in [0.717, 1.165) is 53.6 Å². The van der Waals surface area contributed by atoms with Gasteiger partial charge in [0, 0.05) is 31.6 Å². The maximum Gasteiger partial charge on any atom is 0.254 e. The van der Waals surface area contributed by atoms with E-state index in [0.29, 0.717) is 32.4 Å². The third-order valence-corrected chi connectivity index (χ3v) is 7.19. The summed E-state index contributed by atoms with van der Waals surface area (Å²) in [7, 11) is 4.02. The number of benzene rings is 2. The van der Waals surface area contributed by atoms with Gasteiger partial charge in [-0.15, -0.1) is 0 Å². The number of carbonyl (C=O) groups excluding carboxylic acids is 2. The van der Waals surface area contributed by atoms with Crippen molar-refractivity contribution < 1.29 is 9.59 Å². The molecule has 0 aromatic heterocycles. The minimum atomic E-state index is -0.853. The van der Waals surface area contributed by atoms with Crippen LogP contribution in [-0.4, -0.2) is 60.4 Å². The molecule has 0 unspecified atom stereocenters. The zero-order chi connectivity index (χ0) is 25.0. The molecule has 0 radical (unpaired) electrons. The smallest absolute Gasteiger partial charge is 0.254 e. The van der Waals surface area contributed by atoms with Crippen LogP contribution in [0, 0.1) is 11.3 Å². The highest BCUT2D eigenvalue weighted by atomic mass is 16.2. The third kappa shape index (κ3) is 5.72. The molecule has 0 bridgehead atoms. The molecule has 7 heteroatoms. The zero-order valence-corrected chi connectivity index (χ0v) is 20.7. The lowest BCUT2D eigenvalue weighted by atomic mass is 9.81. The molecule has 3 N–H and O–H groups in total. The van der Waals surface area contributed by atoms with Crippen LogP contribution in [0.2, 0.25) is 0 Å². The average molecular weight is 474 g/mol. The molecule has 2 aromatic rings. The number of likely N-dealkylation sites (N-methyl/N-ethyl adjacent to an activating group) is 1. The van der Waals surface area contributed by atoms with Gasteiger partial charge in [0.15, 0.2) is 0 Å². The molecule has 1 aliphatic carbocycles. The number of hydrogen-bond donors (Lipinski definition) is 2. The van der Waals surface area contributed by atoms with Gasteiger partial charge in [0.1, 0.15) is 6.04 Å². The predicted molar refractivity (Wildman–Crippen MR) is 136 cm³/mol. The summed E-state index contributed by atoms with van der Waals surface area (Å²) in [6.45, 7) is 2.19. The summed E-state index contributed by atoms with van der Waals surface area (Å²) >= 11 is 0. The summed E-state index contributed by atoms with van der Waals surface area (Å²) in [5, 5.41) is 12.5. The standard InChI is InChI=1S/C28H35N5O2/c1-32(2)14-15-33-19-23-17-22(10-11-25(23)26(33)34)21-8-6-20(7-9-21)16-24(18-29)31-27(35)28(30)12-4-3-5-13-28/h6-11,17,24H,3-5,12-16,19,30H2,1-2H3,(H,31,35)/t24-/m0/s1. The van der Waals surface area contributed by atoms with Crippen molar-refractivity contribution in [3.63, 3.8) is 0 Å². The molecular formula is C28H35N5O2. The van der Waals surface area contributed by atoms with Crippen molar-refractivity contribution >= 4 is 11.8 Å². The molecular weight excluding hydrogens is 438 g/mol. The van der Waals surface area contributed by atoms with E-state index in [1.54, 1.807) is 0 Å². The average Bonchev–Trinajstić information content (AvgIpc) is 3.17. The normalized spacial score (nSPS) is 17.7. The van der Waals surface area contributed by atoms with Gasteiger partial charge in [-0.25, -0.2) is 0 Å². The fourth-order valence-electron chi connectivity index (χ4n) is 4.97. The van der Waals surface area contributed by atoms with Gasteiger partial charge in [0.25, 0.3) is 5.91 Å². The Morgan fingerprint density at radius 1 is 1.14 bits per heavy atom. The number of nitriles is 1. The van der Waals surface area contributed by atoms with Crippen molar-refractivity contribution in [3.05, 3.63) is 59.2 Å². The Kier molecular flexibility index (Phi) is 7.54. The topological polar surface area (TPSA) is 102 Å². The fraction of sp³-hybridized carbons (Fsp3) is 0.464. The Morgan fingerprint density at radius 2 is 1.83 bits per heavy atom.